The summed E-state index contributed by atoms with van der Waals surface area (Å²) in [5.74, 6) is 0.733. The topological polar surface area (TPSA) is 86.7 Å². The van der Waals surface area contributed by atoms with Crippen molar-refractivity contribution in [2.24, 2.45) is 9.88 Å². The van der Waals surface area contributed by atoms with E-state index in [2.05, 4.69) is 74.7 Å². The first kappa shape index (κ1) is 26.2. The van der Waals surface area contributed by atoms with E-state index < -0.39 is 22.5 Å². The third kappa shape index (κ3) is 4.66. The lowest BCUT2D eigenvalue weighted by Gasteiger charge is -2.37. The average molecular weight is 546 g/mol. The number of nitrogens with zero attached hydrogens (tertiary/aromatic N) is 2. The number of benzene rings is 4. The maximum Gasteiger partial charge on any atom is 0.238 e. The molecule has 0 amide bonds. The number of hydrogen-bond acceptors (Lipinski definition) is 4. The van der Waals surface area contributed by atoms with Gasteiger partial charge in [0.05, 0.1) is 10.6 Å². The van der Waals surface area contributed by atoms with Crippen LogP contribution in [0.25, 0.3) is 21.8 Å². The summed E-state index contributed by atoms with van der Waals surface area (Å²) < 4.78 is 38.3. The zero-order valence-corrected chi connectivity index (χ0v) is 23.7. The van der Waals surface area contributed by atoms with Crippen LogP contribution in [0.5, 0.6) is 5.75 Å². The highest BCUT2D eigenvalue weighted by Gasteiger charge is 2.39. The lowest BCUT2D eigenvalue weighted by atomic mass is 10.1. The molecular weight excluding hydrogens is 513 g/mol. The van der Waals surface area contributed by atoms with Gasteiger partial charge in [-0.3, -0.25) is 0 Å². The van der Waals surface area contributed by atoms with Crippen LogP contribution in [0.3, 0.4) is 0 Å². The summed E-state index contributed by atoms with van der Waals surface area (Å²) in [6.07, 6.45) is 0. The van der Waals surface area contributed by atoms with Gasteiger partial charge in [0.25, 0.3) is 0 Å². The Morgan fingerprint density at radius 1 is 0.842 bits per heavy atom. The molecule has 8 heteroatoms. The SMILES string of the molecule is CCn1c2ccccc2c2cc([P@](=Nc3ccc(S(N)(=O)=O)cc3)(Oc3ccccc3)C(C)(C)C)ccc21. The van der Waals surface area contributed by atoms with Crippen LogP contribution in [0, 0.1) is 0 Å². The quantitative estimate of drug-likeness (QED) is 0.225. The fourth-order valence-corrected chi connectivity index (χ4v) is 8.47. The first-order chi connectivity index (χ1) is 18.0. The molecule has 0 bridgehead atoms. The van der Waals surface area contributed by atoms with Crippen molar-refractivity contribution in [2.45, 2.75) is 44.3 Å². The molecule has 5 aromatic rings. The van der Waals surface area contributed by atoms with E-state index >= 15 is 0 Å². The van der Waals surface area contributed by atoms with Crippen molar-refractivity contribution in [2.75, 3.05) is 0 Å². The lowest BCUT2D eigenvalue weighted by Crippen LogP contribution is -2.27. The average Bonchev–Trinajstić information content (AvgIpc) is 3.21. The van der Waals surface area contributed by atoms with Crippen molar-refractivity contribution in [3.8, 4) is 5.75 Å². The molecule has 1 atom stereocenters. The molecule has 0 radical (unpaired) electrons. The maximum atomic E-state index is 11.8. The molecule has 4 aromatic carbocycles. The van der Waals surface area contributed by atoms with Gasteiger partial charge < -0.3 is 9.09 Å². The van der Waals surface area contributed by atoms with Crippen molar-refractivity contribution < 1.29 is 12.9 Å². The predicted octanol–water partition coefficient (Wildman–Crippen LogP) is 7.41. The Balaban J connectivity index is 1.82. The van der Waals surface area contributed by atoms with Crippen molar-refractivity contribution in [3.05, 3.63) is 97.1 Å². The van der Waals surface area contributed by atoms with Gasteiger partial charge in [-0.15, -0.1) is 0 Å². The number of nitrogens with two attached hydrogens (primary N) is 1. The molecular formula is C30H32N3O3PS. The van der Waals surface area contributed by atoms with Crippen molar-refractivity contribution in [1.82, 2.24) is 4.57 Å². The molecule has 5 rings (SSSR count). The van der Waals surface area contributed by atoms with Gasteiger partial charge in [-0.1, -0.05) is 57.2 Å². The smallest absolute Gasteiger partial charge is 0.238 e. The molecule has 0 saturated carbocycles. The standard InChI is InChI=1S/C30H32N3O3PS/c1-5-33-28-14-10-9-13-26(28)27-21-24(17-20-29(27)33)37(30(2,3)4,36-23-11-7-6-8-12-23)32-22-15-18-25(19-16-22)38(31,34)35/h6-21H,5H2,1-4H3,(H2,31,34,35)/t37-/m0/s1. The molecule has 6 nitrogen and oxygen atoms in total. The Morgan fingerprint density at radius 3 is 2.11 bits per heavy atom. The predicted molar refractivity (Wildman–Crippen MR) is 158 cm³/mol. The molecule has 0 aliphatic carbocycles. The Bertz CT molecular complexity index is 1790. The Hall–Kier alpha value is -3.38. The number of para-hydroxylation sites is 2. The van der Waals surface area contributed by atoms with Crippen molar-refractivity contribution in [3.63, 3.8) is 0 Å². The maximum absolute atomic E-state index is 11.8. The zero-order chi connectivity index (χ0) is 27.1. The highest BCUT2D eigenvalue weighted by atomic mass is 32.2. The third-order valence-electron chi connectivity index (χ3n) is 6.73. The van der Waals surface area contributed by atoms with Crippen LogP contribution in [-0.2, 0) is 16.6 Å². The van der Waals surface area contributed by atoms with E-state index in [1.165, 1.54) is 28.6 Å². The summed E-state index contributed by atoms with van der Waals surface area (Å²) in [5, 5.41) is 8.30. The molecule has 0 unspecified atom stereocenters. The molecule has 0 spiro atoms. The van der Waals surface area contributed by atoms with Crippen molar-refractivity contribution in [1.29, 1.82) is 0 Å². The number of sulfonamides is 1. The summed E-state index contributed by atoms with van der Waals surface area (Å²) in [7, 11) is -6.58. The van der Waals surface area contributed by atoms with Crippen LogP contribution in [0.4, 0.5) is 5.69 Å². The monoisotopic (exact) mass is 545 g/mol. The lowest BCUT2D eigenvalue weighted by molar-refractivity contribution is 0.571. The second-order valence-corrected chi connectivity index (χ2v) is 15.2. The minimum Gasteiger partial charge on any atom is -0.455 e. The second kappa shape index (κ2) is 9.73. The van der Waals surface area contributed by atoms with E-state index in [0.717, 1.165) is 23.0 Å². The van der Waals surface area contributed by atoms with Gasteiger partial charge in [-0.05, 0) is 67.6 Å². The van der Waals surface area contributed by atoms with E-state index in [4.69, 9.17) is 14.4 Å². The van der Waals surface area contributed by atoms with Crippen LogP contribution in [0.15, 0.2) is 107 Å². The first-order valence-corrected chi connectivity index (χ1v) is 15.8. The summed E-state index contributed by atoms with van der Waals surface area (Å²) >= 11 is 0. The van der Waals surface area contributed by atoms with Gasteiger partial charge in [-0.2, -0.15) is 0 Å². The van der Waals surface area contributed by atoms with Crippen LogP contribution in [0.2, 0.25) is 0 Å². The van der Waals surface area contributed by atoms with Crippen LogP contribution < -0.4 is 15.0 Å². The molecule has 0 aliphatic rings. The largest absolute Gasteiger partial charge is 0.455 e. The molecule has 38 heavy (non-hydrogen) atoms. The number of hydrogen-bond donors (Lipinski definition) is 1. The van der Waals surface area contributed by atoms with E-state index in [1.807, 2.05) is 30.3 Å². The van der Waals surface area contributed by atoms with E-state index in [-0.39, 0.29) is 4.90 Å². The third-order valence-corrected chi connectivity index (χ3v) is 11.4. The highest BCUT2D eigenvalue weighted by molar-refractivity contribution is 7.89. The van der Waals surface area contributed by atoms with Gasteiger partial charge in [0, 0.05) is 38.8 Å². The Labute approximate surface area is 224 Å². The van der Waals surface area contributed by atoms with Crippen LogP contribution in [-0.4, -0.2) is 18.1 Å². The molecule has 0 saturated heterocycles. The number of aryl methyl sites for hydroxylation is 1. The zero-order valence-electron chi connectivity index (χ0n) is 22.0. The summed E-state index contributed by atoms with van der Waals surface area (Å²) in [6, 6.07) is 31.1. The van der Waals surface area contributed by atoms with E-state index in [9.17, 15) is 8.42 Å². The highest BCUT2D eigenvalue weighted by Crippen LogP contribution is 2.62. The summed E-state index contributed by atoms with van der Waals surface area (Å²) in [6.45, 7) is 9.46. The fourth-order valence-electron chi connectivity index (χ4n) is 4.87. The first-order valence-electron chi connectivity index (χ1n) is 12.5. The summed E-state index contributed by atoms with van der Waals surface area (Å²) in [4.78, 5) is 0.0499. The second-order valence-electron chi connectivity index (χ2n) is 10.3. The summed E-state index contributed by atoms with van der Waals surface area (Å²) in [5.41, 5.74) is 3.00. The Kier molecular flexibility index (Phi) is 6.72. The van der Waals surface area contributed by atoms with Crippen LogP contribution >= 0.6 is 7.28 Å². The number of aromatic nitrogens is 1. The van der Waals surface area contributed by atoms with E-state index in [0.29, 0.717) is 5.69 Å². The molecule has 196 valence electrons. The van der Waals surface area contributed by atoms with Gasteiger partial charge in [0.1, 0.15) is 5.75 Å². The van der Waals surface area contributed by atoms with Gasteiger partial charge in [0.15, 0.2) is 7.28 Å². The van der Waals surface area contributed by atoms with Gasteiger partial charge in [0.2, 0.25) is 10.0 Å². The van der Waals surface area contributed by atoms with Gasteiger partial charge >= 0.3 is 0 Å². The van der Waals surface area contributed by atoms with Gasteiger partial charge in [-0.25, -0.2) is 18.3 Å². The normalized spacial score (nSPS) is 13.9. The number of fused-ring (bicyclic) bond motifs is 3. The number of primary sulfonamides is 1. The number of rotatable bonds is 6. The van der Waals surface area contributed by atoms with Crippen LogP contribution in [0.1, 0.15) is 27.7 Å². The Morgan fingerprint density at radius 2 is 1.47 bits per heavy atom. The van der Waals surface area contributed by atoms with Crippen molar-refractivity contribution >= 4 is 50.1 Å². The minimum atomic E-state index is -3.80. The molecule has 1 heterocycles. The fraction of sp³-hybridized carbons (Fsp3) is 0.200. The molecule has 1 aromatic heterocycles. The molecule has 0 fully saturated rings. The van der Waals surface area contributed by atoms with E-state index in [1.54, 1.807) is 12.1 Å². The minimum absolute atomic E-state index is 0.0499. The molecule has 0 aliphatic heterocycles. The molecule has 2 N–H and O–H groups in total.